The maximum absolute atomic E-state index is 11.7. The zero-order valence-corrected chi connectivity index (χ0v) is 12.1. The summed E-state index contributed by atoms with van der Waals surface area (Å²) in [6.07, 6.45) is 8.28. The third-order valence-electron chi connectivity index (χ3n) is 3.12. The van der Waals surface area contributed by atoms with Gasteiger partial charge in [0.1, 0.15) is 11.5 Å². The van der Waals surface area contributed by atoms with E-state index in [1.807, 2.05) is 24.3 Å². The molecule has 0 aromatic heterocycles. The molecule has 0 saturated carbocycles. The fourth-order valence-electron chi connectivity index (χ4n) is 1.89. The van der Waals surface area contributed by atoms with Crippen LogP contribution < -0.4 is 0 Å². The summed E-state index contributed by atoms with van der Waals surface area (Å²) < 4.78 is 0. The average Bonchev–Trinajstić information content (AvgIpc) is 2.53. The summed E-state index contributed by atoms with van der Waals surface area (Å²) in [5.41, 5.74) is 1.87. The van der Waals surface area contributed by atoms with Crippen molar-refractivity contribution < 1.29 is 15.0 Å². The highest BCUT2D eigenvalue weighted by Gasteiger charge is 1.95. The Bertz CT molecular complexity index is 665. The van der Waals surface area contributed by atoms with Gasteiger partial charge in [-0.2, -0.15) is 0 Å². The number of carbonyl (C=O) groups excluding carboxylic acids is 1. The van der Waals surface area contributed by atoms with Gasteiger partial charge in [-0.1, -0.05) is 42.5 Å². The lowest BCUT2D eigenvalue weighted by atomic mass is 10.1. The Balaban J connectivity index is 1.77. The van der Waals surface area contributed by atoms with Crippen LogP contribution in [0.5, 0.6) is 11.5 Å². The predicted octanol–water partition coefficient (Wildman–Crippen LogP) is 4.17. The van der Waals surface area contributed by atoms with Crippen LogP contribution in [0.4, 0.5) is 0 Å². The minimum atomic E-state index is 0.0587. The van der Waals surface area contributed by atoms with Crippen LogP contribution in [0.1, 0.15) is 24.0 Å². The van der Waals surface area contributed by atoms with Gasteiger partial charge in [0.15, 0.2) is 5.78 Å². The molecule has 0 spiro atoms. The van der Waals surface area contributed by atoms with Gasteiger partial charge in [0, 0.05) is 6.42 Å². The highest BCUT2D eigenvalue weighted by molar-refractivity contribution is 5.93. The van der Waals surface area contributed by atoms with E-state index in [-0.39, 0.29) is 17.3 Å². The van der Waals surface area contributed by atoms with Crippen LogP contribution in [0.25, 0.3) is 12.2 Å². The van der Waals surface area contributed by atoms with E-state index < -0.39 is 0 Å². The van der Waals surface area contributed by atoms with Crippen molar-refractivity contribution in [3.8, 4) is 11.5 Å². The van der Waals surface area contributed by atoms with Crippen LogP contribution in [0.2, 0.25) is 0 Å². The molecule has 3 nitrogen and oxygen atoms in total. The van der Waals surface area contributed by atoms with E-state index in [4.69, 9.17) is 0 Å². The number of carbonyl (C=O) groups is 1. The minimum absolute atomic E-state index is 0.0587. The largest absolute Gasteiger partial charge is 0.508 e. The van der Waals surface area contributed by atoms with Crippen molar-refractivity contribution >= 4 is 17.9 Å². The quantitative estimate of drug-likeness (QED) is 0.786. The van der Waals surface area contributed by atoms with Gasteiger partial charge >= 0.3 is 0 Å². The molecule has 0 amide bonds. The van der Waals surface area contributed by atoms with Crippen molar-refractivity contribution in [2.75, 3.05) is 0 Å². The lowest BCUT2D eigenvalue weighted by Crippen LogP contribution is -1.90. The number of hydrogen-bond donors (Lipinski definition) is 2. The van der Waals surface area contributed by atoms with Crippen LogP contribution in [0.15, 0.2) is 60.7 Å². The van der Waals surface area contributed by atoms with Crippen LogP contribution in [0.3, 0.4) is 0 Å². The maximum Gasteiger partial charge on any atom is 0.156 e. The first-order valence-electron chi connectivity index (χ1n) is 7.09. The molecule has 0 heterocycles. The van der Waals surface area contributed by atoms with Crippen molar-refractivity contribution in [3.63, 3.8) is 0 Å². The molecule has 0 aliphatic rings. The first kappa shape index (κ1) is 15.6. The maximum atomic E-state index is 11.7. The Hall–Kier alpha value is -2.81. The second kappa shape index (κ2) is 7.84. The standard InChI is InChI=1S/C19H18O3/c20-17(10-7-16-8-13-19(22)14-9-16)4-2-1-3-15-5-11-18(21)12-6-15/h1,3,5-14,21-22H,2,4H2/b3-1+,10-7+. The van der Waals surface area contributed by atoms with Crippen molar-refractivity contribution in [3.05, 3.63) is 71.8 Å². The molecular weight excluding hydrogens is 276 g/mol. The smallest absolute Gasteiger partial charge is 0.156 e. The van der Waals surface area contributed by atoms with Gasteiger partial charge in [0.25, 0.3) is 0 Å². The number of aromatic hydroxyl groups is 2. The molecule has 3 heteroatoms. The molecule has 0 atom stereocenters. The molecule has 112 valence electrons. The molecule has 22 heavy (non-hydrogen) atoms. The predicted molar refractivity (Wildman–Crippen MR) is 88.5 cm³/mol. The van der Waals surface area contributed by atoms with Gasteiger partial charge in [0.05, 0.1) is 0 Å². The molecule has 0 bridgehead atoms. The normalized spacial score (nSPS) is 11.3. The molecule has 2 N–H and O–H groups in total. The third kappa shape index (κ3) is 5.29. The number of phenolic OH excluding ortho intramolecular Hbond substituents is 2. The Morgan fingerprint density at radius 2 is 1.32 bits per heavy atom. The number of ketones is 1. The number of hydrogen-bond acceptors (Lipinski definition) is 3. The summed E-state index contributed by atoms with van der Waals surface area (Å²) in [5, 5.41) is 18.4. The monoisotopic (exact) mass is 294 g/mol. The molecular formula is C19H18O3. The van der Waals surface area contributed by atoms with Gasteiger partial charge < -0.3 is 10.2 Å². The SMILES string of the molecule is O=C(/C=C/c1ccc(O)cc1)CC/C=C/c1ccc(O)cc1. The topological polar surface area (TPSA) is 57.5 Å². The first-order chi connectivity index (χ1) is 10.6. The Kier molecular flexibility index (Phi) is 5.55. The van der Waals surface area contributed by atoms with E-state index >= 15 is 0 Å². The molecule has 0 unspecified atom stereocenters. The lowest BCUT2D eigenvalue weighted by Gasteiger charge is -1.95. The van der Waals surface area contributed by atoms with Gasteiger partial charge in [-0.15, -0.1) is 0 Å². The van der Waals surface area contributed by atoms with Crippen LogP contribution in [-0.2, 0) is 4.79 Å². The number of allylic oxidation sites excluding steroid dienone is 2. The van der Waals surface area contributed by atoms with E-state index in [9.17, 15) is 15.0 Å². The molecule has 0 fully saturated rings. The number of benzene rings is 2. The summed E-state index contributed by atoms with van der Waals surface area (Å²) in [7, 11) is 0. The Labute approximate surface area is 129 Å². The van der Waals surface area contributed by atoms with Crippen molar-refractivity contribution in [2.24, 2.45) is 0 Å². The van der Waals surface area contributed by atoms with Crippen molar-refractivity contribution in [1.29, 1.82) is 0 Å². The van der Waals surface area contributed by atoms with Gasteiger partial charge in [-0.05, 0) is 47.9 Å². The van der Waals surface area contributed by atoms with Crippen LogP contribution in [0, 0.1) is 0 Å². The Morgan fingerprint density at radius 3 is 1.86 bits per heavy atom. The average molecular weight is 294 g/mol. The van der Waals surface area contributed by atoms with Gasteiger partial charge in [-0.25, -0.2) is 0 Å². The molecule has 0 aliphatic carbocycles. The number of rotatable bonds is 6. The van der Waals surface area contributed by atoms with E-state index in [2.05, 4.69) is 0 Å². The number of phenols is 2. The lowest BCUT2D eigenvalue weighted by molar-refractivity contribution is -0.114. The zero-order valence-electron chi connectivity index (χ0n) is 12.1. The first-order valence-corrected chi connectivity index (χ1v) is 7.09. The highest BCUT2D eigenvalue weighted by atomic mass is 16.3. The fraction of sp³-hybridized carbons (Fsp3) is 0.105. The molecule has 2 aromatic rings. The highest BCUT2D eigenvalue weighted by Crippen LogP contribution is 2.12. The second-order valence-corrected chi connectivity index (χ2v) is 4.92. The molecule has 2 aromatic carbocycles. The molecule has 0 aliphatic heterocycles. The second-order valence-electron chi connectivity index (χ2n) is 4.92. The molecule has 0 saturated heterocycles. The van der Waals surface area contributed by atoms with Crippen molar-refractivity contribution in [1.82, 2.24) is 0 Å². The summed E-state index contributed by atoms with van der Waals surface area (Å²) in [4.78, 5) is 11.7. The molecule has 0 radical (unpaired) electrons. The minimum Gasteiger partial charge on any atom is -0.508 e. The third-order valence-corrected chi connectivity index (χ3v) is 3.12. The van der Waals surface area contributed by atoms with Crippen molar-refractivity contribution in [2.45, 2.75) is 12.8 Å². The fourth-order valence-corrected chi connectivity index (χ4v) is 1.89. The van der Waals surface area contributed by atoms with Gasteiger partial charge in [-0.3, -0.25) is 4.79 Å². The summed E-state index contributed by atoms with van der Waals surface area (Å²) in [6, 6.07) is 13.6. The Morgan fingerprint density at radius 1 is 0.818 bits per heavy atom. The van der Waals surface area contributed by atoms with E-state index in [0.29, 0.717) is 12.8 Å². The van der Waals surface area contributed by atoms with Crippen LogP contribution >= 0.6 is 0 Å². The van der Waals surface area contributed by atoms with E-state index in [0.717, 1.165) is 11.1 Å². The van der Waals surface area contributed by atoms with Gasteiger partial charge in [0.2, 0.25) is 0 Å². The summed E-state index contributed by atoms with van der Waals surface area (Å²) in [5.74, 6) is 0.512. The molecule has 2 rings (SSSR count). The van der Waals surface area contributed by atoms with Crippen LogP contribution in [-0.4, -0.2) is 16.0 Å². The zero-order chi connectivity index (χ0) is 15.8. The summed E-state index contributed by atoms with van der Waals surface area (Å²) >= 11 is 0. The van der Waals surface area contributed by atoms with E-state index in [1.165, 1.54) is 0 Å². The van der Waals surface area contributed by atoms with E-state index in [1.54, 1.807) is 48.6 Å². The summed E-state index contributed by atoms with van der Waals surface area (Å²) in [6.45, 7) is 0.